The molecule has 2 N–H and O–H groups in total. The molecule has 5 heteroatoms. The summed E-state index contributed by atoms with van der Waals surface area (Å²) in [6.07, 6.45) is 0.849. The second kappa shape index (κ2) is 8.28. The summed E-state index contributed by atoms with van der Waals surface area (Å²) in [5.74, 6) is -0.401. The second-order valence-corrected chi connectivity index (χ2v) is 6.93. The molecule has 2 amide bonds. The zero-order chi connectivity index (χ0) is 17.7. The molecular weight excluding hydrogens is 415 g/mol. The number of nitrogens with one attached hydrogen (secondary N) is 2. The van der Waals surface area contributed by atoms with Gasteiger partial charge in [-0.1, -0.05) is 30.7 Å². The minimum Gasteiger partial charge on any atom is -0.350 e. The molecule has 4 nitrogen and oxygen atoms in total. The molecule has 0 aliphatic heterocycles. The van der Waals surface area contributed by atoms with Crippen LogP contribution in [0.25, 0.3) is 0 Å². The lowest BCUT2D eigenvalue weighted by Gasteiger charge is -2.15. The van der Waals surface area contributed by atoms with E-state index in [1.807, 2.05) is 32.9 Å². The molecule has 0 saturated heterocycles. The van der Waals surface area contributed by atoms with Gasteiger partial charge in [-0.15, -0.1) is 0 Å². The average molecular weight is 436 g/mol. The highest BCUT2D eigenvalue weighted by molar-refractivity contribution is 14.1. The van der Waals surface area contributed by atoms with Crippen molar-refractivity contribution >= 4 is 40.1 Å². The van der Waals surface area contributed by atoms with Crippen molar-refractivity contribution in [2.24, 2.45) is 0 Å². The smallest absolute Gasteiger partial charge is 0.256 e. The third-order valence-corrected chi connectivity index (χ3v) is 4.67. The van der Waals surface area contributed by atoms with Gasteiger partial charge in [-0.2, -0.15) is 0 Å². The molecule has 0 bridgehead atoms. The summed E-state index contributed by atoms with van der Waals surface area (Å²) >= 11 is 2.15. The normalized spacial score (nSPS) is 11.7. The van der Waals surface area contributed by atoms with Gasteiger partial charge in [-0.3, -0.25) is 9.59 Å². The first-order chi connectivity index (χ1) is 11.4. The number of para-hydroxylation sites is 1. The number of amides is 2. The van der Waals surface area contributed by atoms with Gasteiger partial charge >= 0.3 is 0 Å². The summed E-state index contributed by atoms with van der Waals surface area (Å²) < 4.78 is 0.881. The number of halogens is 1. The molecule has 0 aromatic heterocycles. The van der Waals surface area contributed by atoms with E-state index in [1.54, 1.807) is 30.3 Å². The zero-order valence-corrected chi connectivity index (χ0v) is 16.2. The second-order valence-electron chi connectivity index (χ2n) is 5.77. The van der Waals surface area contributed by atoms with Gasteiger partial charge in [0.2, 0.25) is 0 Å². The Kier molecular flexibility index (Phi) is 6.36. The van der Waals surface area contributed by atoms with E-state index < -0.39 is 0 Å². The molecular formula is C19H21IN2O2. The quantitative estimate of drug-likeness (QED) is 0.684. The van der Waals surface area contributed by atoms with Gasteiger partial charge in [0.25, 0.3) is 11.8 Å². The van der Waals surface area contributed by atoms with Crippen LogP contribution in [0, 0.1) is 10.5 Å². The Morgan fingerprint density at radius 2 is 1.79 bits per heavy atom. The van der Waals surface area contributed by atoms with Gasteiger partial charge in [-0.25, -0.2) is 0 Å². The minimum atomic E-state index is -0.219. The molecule has 2 aromatic rings. The lowest BCUT2D eigenvalue weighted by atomic mass is 10.1. The largest absolute Gasteiger partial charge is 0.350 e. The van der Waals surface area contributed by atoms with E-state index in [-0.39, 0.29) is 17.9 Å². The monoisotopic (exact) mass is 436 g/mol. The standard InChI is InChI=1S/C19H21IN2O2/c1-4-13(3)21-19(24)15-7-5-6-8-17(15)22-18(23)14-10-9-12(2)11-16(14)20/h5-11,13H,4H2,1-3H3,(H,21,24)(H,22,23)/t13-/m0/s1. The molecule has 0 heterocycles. The predicted octanol–water partition coefficient (Wildman–Crippen LogP) is 4.38. The molecule has 0 spiro atoms. The maximum atomic E-state index is 12.6. The molecule has 1 atom stereocenters. The van der Waals surface area contributed by atoms with Crippen molar-refractivity contribution in [3.63, 3.8) is 0 Å². The fourth-order valence-corrected chi connectivity index (χ4v) is 3.10. The molecule has 0 unspecified atom stereocenters. The fourth-order valence-electron chi connectivity index (χ4n) is 2.19. The van der Waals surface area contributed by atoms with Crippen molar-refractivity contribution in [1.82, 2.24) is 5.32 Å². The third-order valence-electron chi connectivity index (χ3n) is 3.78. The SMILES string of the molecule is CC[C@H](C)NC(=O)c1ccccc1NC(=O)c1ccc(C)cc1I. The summed E-state index contributed by atoms with van der Waals surface area (Å²) in [4.78, 5) is 25.0. The zero-order valence-electron chi connectivity index (χ0n) is 14.0. The van der Waals surface area contributed by atoms with Crippen LogP contribution in [0.15, 0.2) is 42.5 Å². The van der Waals surface area contributed by atoms with Crippen LogP contribution in [0.5, 0.6) is 0 Å². The Labute approximate surface area is 156 Å². The number of hydrogen-bond acceptors (Lipinski definition) is 2. The first-order valence-corrected chi connectivity index (χ1v) is 8.97. The van der Waals surface area contributed by atoms with Crippen molar-refractivity contribution < 1.29 is 9.59 Å². The Morgan fingerprint density at radius 3 is 2.46 bits per heavy atom. The highest BCUT2D eigenvalue weighted by Gasteiger charge is 2.16. The number of rotatable bonds is 5. The van der Waals surface area contributed by atoms with Crippen LogP contribution < -0.4 is 10.6 Å². The average Bonchev–Trinajstić information content (AvgIpc) is 2.54. The molecule has 0 radical (unpaired) electrons. The van der Waals surface area contributed by atoms with Crippen LogP contribution >= 0.6 is 22.6 Å². The van der Waals surface area contributed by atoms with E-state index in [0.717, 1.165) is 15.6 Å². The summed E-state index contributed by atoms with van der Waals surface area (Å²) in [7, 11) is 0. The maximum absolute atomic E-state index is 12.6. The van der Waals surface area contributed by atoms with E-state index >= 15 is 0 Å². The van der Waals surface area contributed by atoms with Crippen molar-refractivity contribution in [2.45, 2.75) is 33.2 Å². The van der Waals surface area contributed by atoms with E-state index in [1.165, 1.54) is 0 Å². The Bertz CT molecular complexity index is 759. The number of anilines is 1. The fraction of sp³-hybridized carbons (Fsp3) is 0.263. The molecule has 126 valence electrons. The molecule has 2 rings (SSSR count). The Morgan fingerprint density at radius 1 is 1.08 bits per heavy atom. The molecule has 0 aliphatic carbocycles. The number of carbonyl (C=O) groups excluding carboxylic acids is 2. The van der Waals surface area contributed by atoms with E-state index in [2.05, 4.69) is 33.2 Å². The third kappa shape index (κ3) is 4.56. The van der Waals surface area contributed by atoms with Gasteiger partial charge in [0.1, 0.15) is 0 Å². The highest BCUT2D eigenvalue weighted by atomic mass is 127. The van der Waals surface area contributed by atoms with Crippen LogP contribution in [-0.4, -0.2) is 17.9 Å². The van der Waals surface area contributed by atoms with Crippen LogP contribution in [-0.2, 0) is 0 Å². The van der Waals surface area contributed by atoms with Crippen molar-refractivity contribution in [3.05, 3.63) is 62.7 Å². The number of benzene rings is 2. The van der Waals surface area contributed by atoms with Crippen LogP contribution in [0.1, 0.15) is 46.5 Å². The predicted molar refractivity (Wildman–Crippen MR) is 106 cm³/mol. The maximum Gasteiger partial charge on any atom is 0.256 e. The van der Waals surface area contributed by atoms with Crippen LogP contribution in [0.4, 0.5) is 5.69 Å². The topological polar surface area (TPSA) is 58.2 Å². The Balaban J connectivity index is 2.23. The first-order valence-electron chi connectivity index (χ1n) is 7.89. The molecule has 0 aliphatic rings. The van der Waals surface area contributed by atoms with Crippen molar-refractivity contribution in [3.8, 4) is 0 Å². The summed E-state index contributed by atoms with van der Waals surface area (Å²) in [5.41, 5.74) is 2.68. The summed E-state index contributed by atoms with van der Waals surface area (Å²) in [6, 6.07) is 12.8. The highest BCUT2D eigenvalue weighted by Crippen LogP contribution is 2.19. The van der Waals surface area contributed by atoms with Gasteiger partial charge in [0.15, 0.2) is 0 Å². The van der Waals surface area contributed by atoms with Crippen molar-refractivity contribution in [1.29, 1.82) is 0 Å². The van der Waals surface area contributed by atoms with Gasteiger partial charge in [0.05, 0.1) is 16.8 Å². The molecule has 0 saturated carbocycles. The lowest BCUT2D eigenvalue weighted by Crippen LogP contribution is -2.32. The lowest BCUT2D eigenvalue weighted by molar-refractivity contribution is 0.0940. The van der Waals surface area contributed by atoms with Gasteiger partial charge < -0.3 is 10.6 Å². The molecule has 24 heavy (non-hydrogen) atoms. The van der Waals surface area contributed by atoms with E-state index in [4.69, 9.17) is 0 Å². The van der Waals surface area contributed by atoms with Gasteiger partial charge in [-0.05, 0) is 67.1 Å². The minimum absolute atomic E-state index is 0.0827. The summed E-state index contributed by atoms with van der Waals surface area (Å²) in [5, 5.41) is 5.78. The number of hydrogen-bond donors (Lipinski definition) is 2. The van der Waals surface area contributed by atoms with Crippen LogP contribution in [0.3, 0.4) is 0 Å². The first kappa shape index (κ1) is 18.4. The van der Waals surface area contributed by atoms with E-state index in [9.17, 15) is 9.59 Å². The number of carbonyl (C=O) groups is 2. The molecule has 2 aromatic carbocycles. The van der Waals surface area contributed by atoms with Crippen molar-refractivity contribution in [2.75, 3.05) is 5.32 Å². The number of aryl methyl sites for hydroxylation is 1. The van der Waals surface area contributed by atoms with Gasteiger partial charge in [0, 0.05) is 9.61 Å². The Hall–Kier alpha value is -1.89. The summed E-state index contributed by atoms with van der Waals surface area (Å²) in [6.45, 7) is 5.95. The van der Waals surface area contributed by atoms with Crippen LogP contribution in [0.2, 0.25) is 0 Å². The molecule has 0 fully saturated rings. The van der Waals surface area contributed by atoms with E-state index in [0.29, 0.717) is 16.8 Å².